The van der Waals surface area contributed by atoms with Crippen LogP contribution in [0.25, 0.3) is 0 Å². The first kappa shape index (κ1) is 18.5. The lowest BCUT2D eigenvalue weighted by molar-refractivity contribution is -0.139. The molecule has 0 bridgehead atoms. The molecule has 0 heterocycles. The smallest absolute Gasteiger partial charge is 0.305 e. The molecule has 0 saturated heterocycles. The molecule has 0 amide bonds. The summed E-state index contributed by atoms with van der Waals surface area (Å²) in [6.07, 6.45) is 0.613. The molecule has 0 aromatic heterocycles. The summed E-state index contributed by atoms with van der Waals surface area (Å²) < 4.78 is 0. The monoisotopic (exact) mass is 253 g/mol. The zero-order valence-corrected chi connectivity index (χ0v) is 10.3. The molecule has 1 rings (SSSR count). The highest BCUT2D eigenvalue weighted by molar-refractivity contribution is 5.67. The molecule has 0 aliphatic rings. The first-order chi connectivity index (χ1) is 8.10. The Morgan fingerprint density at radius 1 is 1.39 bits per heavy atom. The van der Waals surface area contributed by atoms with Gasteiger partial charge >= 0.3 is 5.97 Å². The van der Waals surface area contributed by atoms with Crippen molar-refractivity contribution >= 4 is 5.97 Å². The van der Waals surface area contributed by atoms with Crippen LogP contribution in [0.1, 0.15) is 31.7 Å². The van der Waals surface area contributed by atoms with Crippen molar-refractivity contribution in [1.29, 1.82) is 5.26 Å². The maximum atomic E-state index is 9.92. The second-order valence-corrected chi connectivity index (χ2v) is 3.52. The summed E-state index contributed by atoms with van der Waals surface area (Å²) in [4.78, 5) is 9.92. The molecule has 0 radical (unpaired) electrons. The van der Waals surface area contributed by atoms with E-state index in [4.69, 9.17) is 15.5 Å². The van der Waals surface area contributed by atoms with E-state index in [1.165, 1.54) is 0 Å². The summed E-state index contributed by atoms with van der Waals surface area (Å²) >= 11 is 0. The summed E-state index contributed by atoms with van der Waals surface area (Å²) in [7, 11) is 0. The SMILES string of the molecule is CCCC(O)CC(=O)O.N#Cc1ccccc1.O. The zero-order valence-electron chi connectivity index (χ0n) is 10.3. The van der Waals surface area contributed by atoms with Crippen molar-refractivity contribution in [3.05, 3.63) is 35.9 Å². The fourth-order valence-electron chi connectivity index (χ4n) is 1.15. The molecule has 0 aliphatic carbocycles. The summed E-state index contributed by atoms with van der Waals surface area (Å²) in [5, 5.41) is 25.3. The van der Waals surface area contributed by atoms with Crippen LogP contribution < -0.4 is 0 Å². The lowest BCUT2D eigenvalue weighted by atomic mass is 10.1. The van der Waals surface area contributed by atoms with Gasteiger partial charge in [0.1, 0.15) is 0 Å². The van der Waals surface area contributed by atoms with Gasteiger partial charge in [-0.25, -0.2) is 0 Å². The van der Waals surface area contributed by atoms with Gasteiger partial charge in [-0.2, -0.15) is 5.26 Å². The van der Waals surface area contributed by atoms with Crippen LogP contribution in [0.3, 0.4) is 0 Å². The summed E-state index contributed by atoms with van der Waals surface area (Å²) in [6.45, 7) is 1.91. The molecule has 5 nitrogen and oxygen atoms in total. The molecule has 0 aliphatic heterocycles. The van der Waals surface area contributed by atoms with E-state index in [0.29, 0.717) is 12.0 Å². The number of aliphatic hydroxyl groups is 1. The van der Waals surface area contributed by atoms with Crippen LogP contribution in [0, 0.1) is 11.3 Å². The Morgan fingerprint density at radius 2 is 1.94 bits per heavy atom. The third kappa shape index (κ3) is 10.6. The van der Waals surface area contributed by atoms with Crippen LogP contribution in [0.4, 0.5) is 0 Å². The van der Waals surface area contributed by atoms with E-state index in [-0.39, 0.29) is 11.9 Å². The van der Waals surface area contributed by atoms with E-state index in [0.717, 1.165) is 6.42 Å². The highest BCUT2D eigenvalue weighted by Crippen LogP contribution is 1.99. The zero-order chi connectivity index (χ0) is 13.1. The second-order valence-electron chi connectivity index (χ2n) is 3.52. The molecule has 1 unspecified atom stereocenters. The van der Waals surface area contributed by atoms with Gasteiger partial charge in [0.25, 0.3) is 0 Å². The van der Waals surface area contributed by atoms with Crippen molar-refractivity contribution in [3.8, 4) is 6.07 Å². The predicted octanol–water partition coefficient (Wildman–Crippen LogP) is 1.36. The fraction of sp³-hybridized carbons (Fsp3) is 0.385. The highest BCUT2D eigenvalue weighted by Gasteiger charge is 2.06. The maximum Gasteiger partial charge on any atom is 0.305 e. The van der Waals surface area contributed by atoms with Crippen LogP contribution in [-0.4, -0.2) is 27.8 Å². The van der Waals surface area contributed by atoms with Crippen molar-refractivity contribution < 1.29 is 20.5 Å². The minimum absolute atomic E-state index is 0. The number of aliphatic hydroxyl groups excluding tert-OH is 1. The van der Waals surface area contributed by atoms with Gasteiger partial charge in [-0.05, 0) is 18.6 Å². The van der Waals surface area contributed by atoms with Crippen LogP contribution >= 0.6 is 0 Å². The van der Waals surface area contributed by atoms with E-state index < -0.39 is 12.1 Å². The third-order valence-electron chi connectivity index (χ3n) is 1.94. The minimum Gasteiger partial charge on any atom is -0.481 e. The van der Waals surface area contributed by atoms with E-state index in [1.54, 1.807) is 12.1 Å². The number of carboxylic acid groups (broad SMARTS) is 1. The van der Waals surface area contributed by atoms with Gasteiger partial charge in [-0.1, -0.05) is 31.5 Å². The molecule has 1 atom stereocenters. The number of hydrogen-bond acceptors (Lipinski definition) is 3. The Labute approximate surface area is 107 Å². The lowest BCUT2D eigenvalue weighted by Crippen LogP contribution is -2.11. The van der Waals surface area contributed by atoms with E-state index in [1.807, 2.05) is 31.2 Å². The second kappa shape index (κ2) is 11.6. The maximum absolute atomic E-state index is 9.92. The average molecular weight is 253 g/mol. The molecule has 18 heavy (non-hydrogen) atoms. The van der Waals surface area contributed by atoms with E-state index >= 15 is 0 Å². The average Bonchev–Trinajstić information content (AvgIpc) is 2.30. The molecule has 100 valence electrons. The summed E-state index contributed by atoms with van der Waals surface area (Å²) in [5.41, 5.74) is 0.715. The van der Waals surface area contributed by atoms with E-state index in [2.05, 4.69) is 0 Å². The largest absolute Gasteiger partial charge is 0.481 e. The normalized spacial score (nSPS) is 10.1. The van der Waals surface area contributed by atoms with Crippen molar-refractivity contribution in [2.24, 2.45) is 0 Å². The number of hydrogen-bond donors (Lipinski definition) is 2. The lowest BCUT2D eigenvalue weighted by Gasteiger charge is -2.03. The molecule has 5 heteroatoms. The molecule has 1 aromatic rings. The minimum atomic E-state index is -0.934. The van der Waals surface area contributed by atoms with Gasteiger partial charge in [0, 0.05) is 0 Å². The van der Waals surface area contributed by atoms with Crippen LogP contribution in [0.5, 0.6) is 0 Å². The number of nitrogens with zero attached hydrogens (tertiary/aromatic N) is 1. The molecular weight excluding hydrogens is 234 g/mol. The molecular formula is C13H19NO4. The first-order valence-corrected chi connectivity index (χ1v) is 5.45. The Balaban J connectivity index is 0. The van der Waals surface area contributed by atoms with Crippen LogP contribution in [-0.2, 0) is 4.79 Å². The number of nitriles is 1. The Kier molecular flexibility index (Phi) is 11.9. The molecule has 0 saturated carbocycles. The van der Waals surface area contributed by atoms with Crippen molar-refractivity contribution in [2.45, 2.75) is 32.3 Å². The number of carbonyl (C=O) groups is 1. The van der Waals surface area contributed by atoms with Crippen molar-refractivity contribution in [2.75, 3.05) is 0 Å². The molecule has 0 fully saturated rings. The summed E-state index contributed by atoms with van der Waals surface area (Å²) in [5.74, 6) is -0.934. The Morgan fingerprint density at radius 3 is 2.28 bits per heavy atom. The van der Waals surface area contributed by atoms with Gasteiger partial charge in [0.15, 0.2) is 0 Å². The van der Waals surface area contributed by atoms with E-state index in [9.17, 15) is 4.79 Å². The van der Waals surface area contributed by atoms with Crippen molar-refractivity contribution in [3.63, 3.8) is 0 Å². The number of carboxylic acids is 1. The third-order valence-corrected chi connectivity index (χ3v) is 1.94. The fourth-order valence-corrected chi connectivity index (χ4v) is 1.15. The standard InChI is InChI=1S/C7H5N.C6H12O3.H2O/c8-6-7-4-2-1-3-5-7;1-2-3-5(7)4-6(8)9;/h1-5H;5,7H,2-4H2,1H3,(H,8,9);1H2. The first-order valence-electron chi connectivity index (χ1n) is 5.45. The summed E-state index contributed by atoms with van der Waals surface area (Å²) in [6, 6.07) is 11.2. The number of aliphatic carboxylic acids is 1. The van der Waals surface area contributed by atoms with Gasteiger partial charge < -0.3 is 15.7 Å². The highest BCUT2D eigenvalue weighted by atomic mass is 16.4. The predicted molar refractivity (Wildman–Crippen MR) is 67.9 cm³/mol. The van der Waals surface area contributed by atoms with Gasteiger partial charge in [0.05, 0.1) is 24.2 Å². The van der Waals surface area contributed by atoms with Crippen LogP contribution in [0.15, 0.2) is 30.3 Å². The van der Waals surface area contributed by atoms with Gasteiger partial charge in [-0.15, -0.1) is 0 Å². The Bertz CT molecular complexity index is 359. The van der Waals surface area contributed by atoms with Gasteiger partial charge in [0.2, 0.25) is 0 Å². The number of rotatable bonds is 4. The van der Waals surface area contributed by atoms with Gasteiger partial charge in [-0.3, -0.25) is 4.79 Å². The molecule has 4 N–H and O–H groups in total. The quantitative estimate of drug-likeness (QED) is 0.843. The molecule has 0 spiro atoms. The van der Waals surface area contributed by atoms with Crippen LogP contribution in [0.2, 0.25) is 0 Å². The molecule has 1 aromatic carbocycles. The number of benzene rings is 1. The Hall–Kier alpha value is -1.90. The topological polar surface area (TPSA) is 113 Å². The van der Waals surface area contributed by atoms with Crippen molar-refractivity contribution in [1.82, 2.24) is 0 Å².